The topological polar surface area (TPSA) is 50.2 Å². The predicted molar refractivity (Wildman–Crippen MR) is 126 cm³/mol. The summed E-state index contributed by atoms with van der Waals surface area (Å²) in [6.07, 6.45) is 4.40. The first-order chi connectivity index (χ1) is 15.0. The number of nitrogens with zero attached hydrogens (tertiary/aromatic N) is 3. The number of anilines is 1. The van der Waals surface area contributed by atoms with E-state index in [1.54, 1.807) is 0 Å². The average Bonchev–Trinajstić information content (AvgIpc) is 3.15. The van der Waals surface area contributed by atoms with E-state index < -0.39 is 0 Å². The molecule has 162 valence electrons. The molecule has 1 amide bonds. The van der Waals surface area contributed by atoms with Crippen LogP contribution >= 0.6 is 0 Å². The molecule has 0 aliphatic carbocycles. The van der Waals surface area contributed by atoms with E-state index >= 15 is 0 Å². The van der Waals surface area contributed by atoms with Gasteiger partial charge in [0, 0.05) is 37.0 Å². The Morgan fingerprint density at radius 3 is 2.55 bits per heavy atom. The second-order valence-corrected chi connectivity index (χ2v) is 8.85. The predicted octanol–water partition coefficient (Wildman–Crippen LogP) is 5.06. The zero-order valence-electron chi connectivity index (χ0n) is 18.7. The number of carbonyl (C=O) groups excluding carboxylic acids is 1. The van der Waals surface area contributed by atoms with Gasteiger partial charge >= 0.3 is 0 Å². The fourth-order valence-electron chi connectivity index (χ4n) is 4.27. The Hall–Kier alpha value is -2.92. The molecular formula is C26H32N4O. The fraction of sp³-hybridized carbons (Fsp3) is 0.385. The van der Waals surface area contributed by atoms with Gasteiger partial charge in [0.15, 0.2) is 0 Å². The molecule has 1 aromatic heterocycles. The van der Waals surface area contributed by atoms with Gasteiger partial charge in [0.2, 0.25) is 5.91 Å². The van der Waals surface area contributed by atoms with Crippen LogP contribution in [0.2, 0.25) is 0 Å². The van der Waals surface area contributed by atoms with Gasteiger partial charge in [-0.2, -0.15) is 0 Å². The Balaban J connectivity index is 1.35. The van der Waals surface area contributed by atoms with Gasteiger partial charge in [-0.3, -0.25) is 9.69 Å². The number of amides is 1. The molecule has 0 saturated carbocycles. The van der Waals surface area contributed by atoms with Crippen molar-refractivity contribution in [3.63, 3.8) is 0 Å². The van der Waals surface area contributed by atoms with Gasteiger partial charge < -0.3 is 9.88 Å². The molecule has 2 aromatic carbocycles. The molecule has 1 aliphatic heterocycles. The summed E-state index contributed by atoms with van der Waals surface area (Å²) in [7, 11) is 2.07. The van der Waals surface area contributed by atoms with Gasteiger partial charge in [-0.15, -0.1) is 0 Å². The summed E-state index contributed by atoms with van der Waals surface area (Å²) in [5.41, 5.74) is 4.50. The molecule has 1 fully saturated rings. The monoisotopic (exact) mass is 416 g/mol. The van der Waals surface area contributed by atoms with Crippen LogP contribution < -0.4 is 5.32 Å². The Labute approximate surface area is 185 Å². The van der Waals surface area contributed by atoms with Crippen molar-refractivity contribution in [2.24, 2.45) is 13.0 Å². The summed E-state index contributed by atoms with van der Waals surface area (Å²) in [5, 5.41) is 3.02. The zero-order chi connectivity index (χ0) is 21.8. The first-order valence-electron chi connectivity index (χ1n) is 11.2. The van der Waals surface area contributed by atoms with Crippen molar-refractivity contribution < 1.29 is 4.79 Å². The van der Waals surface area contributed by atoms with Crippen LogP contribution in [0.5, 0.6) is 0 Å². The minimum atomic E-state index is -0.0131. The summed E-state index contributed by atoms with van der Waals surface area (Å²) in [6.45, 7) is 6.84. The van der Waals surface area contributed by atoms with E-state index in [-0.39, 0.29) is 11.8 Å². The minimum Gasteiger partial charge on any atom is -0.334 e. The Kier molecular flexibility index (Phi) is 6.52. The molecule has 0 unspecified atom stereocenters. The maximum Gasteiger partial charge on any atom is 0.226 e. The van der Waals surface area contributed by atoms with Crippen LogP contribution in [0, 0.1) is 5.92 Å². The van der Waals surface area contributed by atoms with Crippen molar-refractivity contribution in [3.05, 3.63) is 72.1 Å². The number of aromatic nitrogens is 2. The molecule has 31 heavy (non-hydrogen) atoms. The van der Waals surface area contributed by atoms with E-state index in [0.29, 0.717) is 5.92 Å². The number of carbonyl (C=O) groups is 1. The first kappa shape index (κ1) is 21.3. The maximum absolute atomic E-state index is 12.0. The Morgan fingerprint density at radius 1 is 1.10 bits per heavy atom. The van der Waals surface area contributed by atoms with E-state index in [0.717, 1.165) is 55.2 Å². The van der Waals surface area contributed by atoms with Crippen molar-refractivity contribution in [2.45, 2.75) is 39.2 Å². The van der Waals surface area contributed by atoms with Crippen molar-refractivity contribution in [1.29, 1.82) is 0 Å². The third-order valence-corrected chi connectivity index (χ3v) is 6.08. The Morgan fingerprint density at radius 2 is 1.84 bits per heavy atom. The molecule has 1 N–H and O–H groups in total. The molecule has 0 atom stereocenters. The molecule has 0 radical (unpaired) electrons. The normalized spacial score (nSPS) is 15.4. The summed E-state index contributed by atoms with van der Waals surface area (Å²) in [5.74, 6) is 1.61. The molecule has 0 bridgehead atoms. The highest BCUT2D eigenvalue weighted by Crippen LogP contribution is 2.30. The van der Waals surface area contributed by atoms with Crippen LogP contribution in [0.4, 0.5) is 5.69 Å². The van der Waals surface area contributed by atoms with Crippen molar-refractivity contribution in [3.8, 4) is 11.4 Å². The van der Waals surface area contributed by atoms with Crippen LogP contribution in [0.15, 0.2) is 60.8 Å². The standard InChI is InChI=1S/C26H32N4O/c1-19(2)26(31)28-23-11-7-10-22(16-23)20-12-14-30(15-13-20)18-24-17-29(3)25(27-24)21-8-5-4-6-9-21/h4-11,16-17,19-20H,12-15,18H2,1-3H3,(H,28,31). The number of hydrogen-bond acceptors (Lipinski definition) is 3. The largest absolute Gasteiger partial charge is 0.334 e. The molecule has 3 aromatic rings. The SMILES string of the molecule is CC(C)C(=O)Nc1cccc(C2CCN(Cc3cn(C)c(-c4ccccc4)n3)CC2)c1. The van der Waals surface area contributed by atoms with Crippen molar-refractivity contribution >= 4 is 11.6 Å². The number of likely N-dealkylation sites (tertiary alicyclic amines) is 1. The third kappa shape index (κ3) is 5.23. The highest BCUT2D eigenvalue weighted by atomic mass is 16.1. The number of rotatable bonds is 6. The van der Waals surface area contributed by atoms with Gasteiger partial charge in [-0.05, 0) is 49.5 Å². The van der Waals surface area contributed by atoms with Crippen LogP contribution in [-0.4, -0.2) is 33.4 Å². The number of piperidine rings is 1. The number of benzene rings is 2. The molecule has 2 heterocycles. The highest BCUT2D eigenvalue weighted by molar-refractivity contribution is 5.92. The number of imidazole rings is 1. The highest BCUT2D eigenvalue weighted by Gasteiger charge is 2.22. The van der Waals surface area contributed by atoms with E-state index in [2.05, 4.69) is 70.5 Å². The number of aryl methyl sites for hydroxylation is 1. The van der Waals surface area contributed by atoms with Crippen LogP contribution in [0.1, 0.15) is 43.9 Å². The fourth-order valence-corrected chi connectivity index (χ4v) is 4.27. The number of nitrogens with one attached hydrogen (secondary N) is 1. The number of hydrogen-bond donors (Lipinski definition) is 1. The molecule has 5 heteroatoms. The van der Waals surface area contributed by atoms with Crippen LogP contribution in [-0.2, 0) is 18.4 Å². The van der Waals surface area contributed by atoms with Crippen LogP contribution in [0.3, 0.4) is 0 Å². The van der Waals surface area contributed by atoms with Gasteiger partial charge in [-0.1, -0.05) is 56.3 Å². The summed E-state index contributed by atoms with van der Waals surface area (Å²) >= 11 is 0. The quantitative estimate of drug-likeness (QED) is 0.611. The lowest BCUT2D eigenvalue weighted by molar-refractivity contribution is -0.118. The van der Waals surface area contributed by atoms with Gasteiger partial charge in [0.1, 0.15) is 5.82 Å². The molecule has 1 aliphatic rings. The van der Waals surface area contributed by atoms with E-state index in [9.17, 15) is 4.79 Å². The lowest BCUT2D eigenvalue weighted by Crippen LogP contribution is -2.32. The van der Waals surface area contributed by atoms with E-state index in [1.807, 2.05) is 26.0 Å². The Bertz CT molecular complexity index is 1020. The van der Waals surface area contributed by atoms with E-state index in [1.165, 1.54) is 5.56 Å². The van der Waals surface area contributed by atoms with Gasteiger partial charge in [0.05, 0.1) is 5.69 Å². The summed E-state index contributed by atoms with van der Waals surface area (Å²) in [6, 6.07) is 18.7. The van der Waals surface area contributed by atoms with Crippen molar-refractivity contribution in [2.75, 3.05) is 18.4 Å². The second kappa shape index (κ2) is 9.48. The zero-order valence-corrected chi connectivity index (χ0v) is 18.7. The summed E-state index contributed by atoms with van der Waals surface area (Å²) < 4.78 is 2.12. The molecule has 4 rings (SSSR count). The molecule has 0 spiro atoms. The van der Waals surface area contributed by atoms with E-state index in [4.69, 9.17) is 4.98 Å². The lowest BCUT2D eigenvalue weighted by Gasteiger charge is -2.31. The van der Waals surface area contributed by atoms with Crippen molar-refractivity contribution in [1.82, 2.24) is 14.5 Å². The summed E-state index contributed by atoms with van der Waals surface area (Å²) in [4.78, 5) is 19.4. The third-order valence-electron chi connectivity index (χ3n) is 6.08. The van der Waals surface area contributed by atoms with Gasteiger partial charge in [0.25, 0.3) is 0 Å². The minimum absolute atomic E-state index is 0.0131. The maximum atomic E-state index is 12.0. The smallest absolute Gasteiger partial charge is 0.226 e. The molecular weight excluding hydrogens is 384 g/mol. The first-order valence-corrected chi connectivity index (χ1v) is 11.2. The molecule has 5 nitrogen and oxygen atoms in total. The van der Waals surface area contributed by atoms with Crippen LogP contribution in [0.25, 0.3) is 11.4 Å². The molecule has 1 saturated heterocycles. The second-order valence-electron chi connectivity index (χ2n) is 8.85. The van der Waals surface area contributed by atoms with Gasteiger partial charge in [-0.25, -0.2) is 4.98 Å². The average molecular weight is 417 g/mol. The lowest BCUT2D eigenvalue weighted by atomic mass is 9.89.